The lowest BCUT2D eigenvalue weighted by Crippen LogP contribution is -2.27. The van der Waals surface area contributed by atoms with Crippen LogP contribution >= 0.6 is 23.2 Å². The summed E-state index contributed by atoms with van der Waals surface area (Å²) in [4.78, 5) is 38.9. The van der Waals surface area contributed by atoms with Gasteiger partial charge in [0.05, 0.1) is 22.9 Å². The average molecular weight is 620 g/mol. The maximum atomic E-state index is 13.5. The van der Waals surface area contributed by atoms with E-state index in [0.29, 0.717) is 53.6 Å². The van der Waals surface area contributed by atoms with E-state index >= 15 is 0 Å². The molecular formula is C34H32Cl2N2O5. The number of rotatable bonds is 12. The Balaban J connectivity index is 1.46. The smallest absolute Gasteiger partial charge is 0.303 e. The van der Waals surface area contributed by atoms with Gasteiger partial charge in [-0.2, -0.15) is 0 Å². The molecule has 4 aromatic rings. The second-order valence-corrected chi connectivity index (χ2v) is 10.9. The van der Waals surface area contributed by atoms with E-state index in [-0.39, 0.29) is 28.8 Å². The first kappa shape index (κ1) is 31.6. The van der Waals surface area contributed by atoms with Crippen LogP contribution in [0.3, 0.4) is 0 Å². The van der Waals surface area contributed by atoms with Gasteiger partial charge in [0.25, 0.3) is 11.8 Å². The molecule has 222 valence electrons. The molecule has 2 amide bonds. The number of nitrogens with zero attached hydrogens (tertiary/aromatic N) is 1. The number of unbranched alkanes of at least 4 members (excludes halogenated alkanes) is 2. The van der Waals surface area contributed by atoms with E-state index in [9.17, 15) is 14.4 Å². The topological polar surface area (TPSA) is 95.9 Å². The zero-order valence-corrected chi connectivity index (χ0v) is 25.4. The number of halogens is 2. The zero-order valence-electron chi connectivity index (χ0n) is 23.9. The first-order valence-corrected chi connectivity index (χ1v) is 14.6. The molecule has 0 saturated heterocycles. The summed E-state index contributed by atoms with van der Waals surface area (Å²) >= 11 is 12.7. The number of hydrogen-bond donors (Lipinski definition) is 2. The Morgan fingerprint density at radius 2 is 1.60 bits per heavy atom. The fourth-order valence-corrected chi connectivity index (χ4v) is 4.96. The Bertz CT molecular complexity index is 1620. The summed E-state index contributed by atoms with van der Waals surface area (Å²) in [6.07, 6.45) is 2.04. The monoisotopic (exact) mass is 618 g/mol. The third-order valence-corrected chi connectivity index (χ3v) is 7.42. The van der Waals surface area contributed by atoms with E-state index < -0.39 is 5.97 Å². The van der Waals surface area contributed by atoms with Gasteiger partial charge in [0, 0.05) is 35.8 Å². The molecule has 0 bridgehead atoms. The number of carboxylic acids is 1. The van der Waals surface area contributed by atoms with Crippen LogP contribution in [0.5, 0.6) is 5.75 Å². The molecule has 2 N–H and O–H groups in total. The summed E-state index contributed by atoms with van der Waals surface area (Å²) in [6, 6.07) is 25.1. The van der Waals surface area contributed by atoms with Crippen LogP contribution in [0.2, 0.25) is 10.0 Å². The maximum absolute atomic E-state index is 13.5. The lowest BCUT2D eigenvalue weighted by molar-refractivity contribution is -0.137. The highest BCUT2D eigenvalue weighted by Gasteiger charge is 2.21. The number of ether oxygens (including phenoxy) is 1. The standard InChI is InChI=1S/C34H32Cl2N2O5/c1-22-11-13-23(14-12-22)26-8-5-6-9-27(26)33(41)37-25-16-17-28(29(36)21-25)34(42)38(2)30-18-15-24(35)20-31(30)43-19-7-3-4-10-32(39)40/h5-6,8-9,11-18,20-21H,3-4,7,10,19H2,1-2H3,(H,37,41)(H,39,40). The Labute approximate surface area is 261 Å². The lowest BCUT2D eigenvalue weighted by atomic mass is 9.98. The third kappa shape index (κ3) is 8.37. The molecule has 0 atom stereocenters. The number of carbonyl (C=O) groups is 3. The molecule has 4 rings (SSSR count). The van der Waals surface area contributed by atoms with Crippen LogP contribution < -0.4 is 15.0 Å². The molecule has 0 unspecified atom stereocenters. The van der Waals surface area contributed by atoms with Crippen LogP contribution in [0.1, 0.15) is 52.0 Å². The van der Waals surface area contributed by atoms with E-state index in [0.717, 1.165) is 16.7 Å². The van der Waals surface area contributed by atoms with Crippen molar-refractivity contribution < 1.29 is 24.2 Å². The molecule has 0 heterocycles. The van der Waals surface area contributed by atoms with Gasteiger partial charge < -0.3 is 20.1 Å². The van der Waals surface area contributed by atoms with Crippen molar-refractivity contribution >= 4 is 52.4 Å². The quantitative estimate of drug-likeness (QED) is 0.155. The molecule has 9 heteroatoms. The van der Waals surface area contributed by atoms with Crippen LogP contribution in [0, 0.1) is 6.92 Å². The Kier molecular flexibility index (Phi) is 10.8. The minimum absolute atomic E-state index is 0.115. The van der Waals surface area contributed by atoms with Gasteiger partial charge in [-0.25, -0.2) is 0 Å². The first-order valence-electron chi connectivity index (χ1n) is 13.8. The molecule has 0 radical (unpaired) electrons. The molecule has 0 aliphatic heterocycles. The summed E-state index contributed by atoms with van der Waals surface area (Å²) in [5, 5.41) is 12.3. The van der Waals surface area contributed by atoms with E-state index in [4.69, 9.17) is 33.0 Å². The number of carbonyl (C=O) groups excluding carboxylic acids is 2. The van der Waals surface area contributed by atoms with Crippen molar-refractivity contribution in [2.45, 2.75) is 32.6 Å². The molecule has 0 saturated carbocycles. The summed E-state index contributed by atoms with van der Waals surface area (Å²) in [5.41, 5.74) is 4.58. The molecule has 0 aliphatic carbocycles. The number of nitrogens with one attached hydrogen (secondary N) is 1. The summed E-state index contributed by atoms with van der Waals surface area (Å²) in [6.45, 7) is 2.35. The SMILES string of the molecule is Cc1ccc(-c2ccccc2C(=O)Nc2ccc(C(=O)N(C)c3ccc(Cl)cc3OCCCCCC(=O)O)c(Cl)c2)cc1. The van der Waals surface area contributed by atoms with Crippen molar-refractivity contribution in [3.8, 4) is 16.9 Å². The first-order chi connectivity index (χ1) is 20.6. The highest BCUT2D eigenvalue weighted by Crippen LogP contribution is 2.33. The summed E-state index contributed by atoms with van der Waals surface area (Å²) < 4.78 is 5.91. The van der Waals surface area contributed by atoms with Gasteiger partial charge in [-0.1, -0.05) is 71.2 Å². The molecule has 0 spiro atoms. The number of benzene rings is 4. The molecule has 0 aromatic heterocycles. The number of carboxylic acid groups (broad SMARTS) is 1. The van der Waals surface area contributed by atoms with Crippen LogP contribution in [0.4, 0.5) is 11.4 Å². The Morgan fingerprint density at radius 3 is 2.33 bits per heavy atom. The second-order valence-electron chi connectivity index (χ2n) is 10.1. The number of anilines is 2. The van der Waals surface area contributed by atoms with Crippen LogP contribution in [-0.2, 0) is 4.79 Å². The average Bonchev–Trinajstić information content (AvgIpc) is 2.98. The molecule has 7 nitrogen and oxygen atoms in total. The Hall–Kier alpha value is -4.33. The van der Waals surface area contributed by atoms with Gasteiger partial charge in [-0.05, 0) is 73.7 Å². The largest absolute Gasteiger partial charge is 0.491 e. The minimum atomic E-state index is -0.823. The number of amides is 2. The van der Waals surface area contributed by atoms with Gasteiger partial charge in [-0.15, -0.1) is 0 Å². The predicted molar refractivity (Wildman–Crippen MR) is 172 cm³/mol. The number of hydrogen-bond acceptors (Lipinski definition) is 4. The van der Waals surface area contributed by atoms with Crippen molar-refractivity contribution in [1.82, 2.24) is 0 Å². The van der Waals surface area contributed by atoms with E-state index in [1.54, 1.807) is 49.5 Å². The van der Waals surface area contributed by atoms with E-state index in [2.05, 4.69) is 5.32 Å². The second kappa shape index (κ2) is 14.7. The molecule has 43 heavy (non-hydrogen) atoms. The third-order valence-electron chi connectivity index (χ3n) is 6.87. The van der Waals surface area contributed by atoms with E-state index in [1.807, 2.05) is 49.4 Å². The van der Waals surface area contributed by atoms with Gasteiger partial charge in [-0.3, -0.25) is 14.4 Å². The van der Waals surface area contributed by atoms with Crippen LogP contribution in [0.25, 0.3) is 11.1 Å². The van der Waals surface area contributed by atoms with Crippen molar-refractivity contribution in [2.24, 2.45) is 0 Å². The molecule has 4 aromatic carbocycles. The highest BCUT2D eigenvalue weighted by atomic mass is 35.5. The van der Waals surface area contributed by atoms with Crippen molar-refractivity contribution in [3.05, 3.63) is 112 Å². The van der Waals surface area contributed by atoms with Gasteiger partial charge >= 0.3 is 5.97 Å². The maximum Gasteiger partial charge on any atom is 0.303 e. The number of aliphatic carboxylic acids is 1. The van der Waals surface area contributed by atoms with Gasteiger partial charge in [0.15, 0.2) is 0 Å². The zero-order chi connectivity index (χ0) is 30.9. The molecular weight excluding hydrogens is 587 g/mol. The van der Waals surface area contributed by atoms with Crippen molar-refractivity contribution in [1.29, 1.82) is 0 Å². The van der Waals surface area contributed by atoms with Gasteiger partial charge in [0.2, 0.25) is 0 Å². The highest BCUT2D eigenvalue weighted by molar-refractivity contribution is 6.35. The van der Waals surface area contributed by atoms with Gasteiger partial charge in [0.1, 0.15) is 5.75 Å². The van der Waals surface area contributed by atoms with E-state index in [1.165, 1.54) is 4.90 Å². The van der Waals surface area contributed by atoms with Crippen molar-refractivity contribution in [3.63, 3.8) is 0 Å². The minimum Gasteiger partial charge on any atom is -0.491 e. The van der Waals surface area contributed by atoms with Crippen molar-refractivity contribution in [2.75, 3.05) is 23.9 Å². The van der Waals surface area contributed by atoms with Crippen LogP contribution in [-0.4, -0.2) is 36.5 Å². The fourth-order valence-electron chi connectivity index (χ4n) is 4.54. The Morgan fingerprint density at radius 1 is 0.860 bits per heavy atom. The number of aryl methyl sites for hydroxylation is 1. The molecule has 0 aliphatic rings. The lowest BCUT2D eigenvalue weighted by Gasteiger charge is -2.22. The molecule has 0 fully saturated rings. The predicted octanol–water partition coefficient (Wildman–Crippen LogP) is 8.52. The normalized spacial score (nSPS) is 10.7. The van der Waals surface area contributed by atoms with Crippen LogP contribution in [0.15, 0.2) is 84.9 Å². The summed E-state index contributed by atoms with van der Waals surface area (Å²) in [5.74, 6) is -1.07. The fraction of sp³-hybridized carbons (Fsp3) is 0.206. The summed E-state index contributed by atoms with van der Waals surface area (Å²) in [7, 11) is 1.61.